The second kappa shape index (κ2) is 8.58. The van der Waals surface area contributed by atoms with Crippen LogP contribution in [0.3, 0.4) is 0 Å². The monoisotopic (exact) mass is 525 g/mol. The van der Waals surface area contributed by atoms with Gasteiger partial charge in [0.1, 0.15) is 5.69 Å². The third-order valence-corrected chi connectivity index (χ3v) is 8.10. The summed E-state index contributed by atoms with van der Waals surface area (Å²) in [6.45, 7) is 1.87. The smallest absolute Gasteiger partial charge is 0.275 e. The van der Waals surface area contributed by atoms with Gasteiger partial charge in [0.05, 0.1) is 41.8 Å². The van der Waals surface area contributed by atoms with Crippen molar-refractivity contribution in [1.82, 2.24) is 9.97 Å². The molecule has 13 heteroatoms. The van der Waals surface area contributed by atoms with Gasteiger partial charge in [-0.05, 0) is 19.4 Å². The molecule has 1 aliphatic heterocycles. The first-order valence-electron chi connectivity index (χ1n) is 11.1. The van der Waals surface area contributed by atoms with Gasteiger partial charge in [-0.25, -0.2) is 27.5 Å². The third kappa shape index (κ3) is 4.38. The summed E-state index contributed by atoms with van der Waals surface area (Å²) in [4.78, 5) is 25.0. The zero-order valence-corrected chi connectivity index (χ0v) is 20.2. The maximum absolute atomic E-state index is 15.0. The predicted molar refractivity (Wildman–Crippen MR) is 124 cm³/mol. The van der Waals surface area contributed by atoms with Crippen molar-refractivity contribution in [1.29, 1.82) is 0 Å². The van der Waals surface area contributed by atoms with Gasteiger partial charge in [0, 0.05) is 36.8 Å². The average molecular weight is 526 g/mol. The number of anilines is 1. The summed E-state index contributed by atoms with van der Waals surface area (Å²) in [5.41, 5.74) is 4.72. The minimum atomic E-state index is -2.72. The average Bonchev–Trinajstić information content (AvgIpc) is 3.69. The van der Waals surface area contributed by atoms with Gasteiger partial charge in [-0.15, -0.1) is 0 Å². The van der Waals surface area contributed by atoms with Crippen LogP contribution in [0, 0.1) is 23.5 Å². The van der Waals surface area contributed by atoms with Crippen molar-refractivity contribution in [2.45, 2.75) is 36.0 Å². The maximum atomic E-state index is 15.0. The number of fused-ring (bicyclic) bond motifs is 1. The van der Waals surface area contributed by atoms with Crippen molar-refractivity contribution in [2.75, 3.05) is 25.6 Å². The third-order valence-electron chi connectivity index (χ3n) is 6.82. The molecule has 0 spiro atoms. The highest BCUT2D eigenvalue weighted by atomic mass is 32.2. The number of nitrogens with one attached hydrogen (secondary N) is 1. The molecule has 2 aliphatic carbocycles. The standard InChI is InChI=1S/C23H23F4N5O3S/c1-21(16-6-22(16,10-34-2)36-20(28)32-21)13-3-12(4-14(24)18(13)25)31-19(33)15-7-30-17(8-29-15)35-9-11-5-23(11,26)27/h3-4,7-8,11,16H,5-6,9-10H2,1-2H3,(H2,28,32)(H,31,33)/t11-,16-,21+,22+/m0/s1. The van der Waals surface area contributed by atoms with E-state index in [2.05, 4.69) is 20.3 Å². The number of benzene rings is 1. The Kier molecular flexibility index (Phi) is 5.90. The Morgan fingerprint density at radius 2 is 2.00 bits per heavy atom. The zero-order chi connectivity index (χ0) is 25.9. The first-order chi connectivity index (χ1) is 17.0. The van der Waals surface area contributed by atoms with Crippen LogP contribution in [0.4, 0.5) is 23.2 Å². The lowest BCUT2D eigenvalue weighted by atomic mass is 9.85. The van der Waals surface area contributed by atoms with E-state index in [0.29, 0.717) is 13.0 Å². The number of hydrogen-bond acceptors (Lipinski definition) is 8. The molecule has 3 N–H and O–H groups in total. The fourth-order valence-electron chi connectivity index (χ4n) is 4.70. The van der Waals surface area contributed by atoms with Crippen LogP contribution in [-0.2, 0) is 10.3 Å². The Balaban J connectivity index is 1.33. The number of nitrogens with zero attached hydrogens (tertiary/aromatic N) is 3. The van der Waals surface area contributed by atoms with Crippen molar-refractivity contribution in [2.24, 2.45) is 22.6 Å². The molecule has 1 aromatic heterocycles. The molecule has 5 rings (SSSR count). The van der Waals surface area contributed by atoms with E-state index in [-0.39, 0.29) is 51.7 Å². The number of thioether (sulfide) groups is 1. The summed E-state index contributed by atoms with van der Waals surface area (Å²) < 4.78 is 65.7. The molecule has 2 aromatic rings. The van der Waals surface area contributed by atoms with Gasteiger partial charge in [-0.3, -0.25) is 9.79 Å². The summed E-state index contributed by atoms with van der Waals surface area (Å²) in [5, 5.41) is 2.74. The van der Waals surface area contributed by atoms with Gasteiger partial charge in [0.15, 0.2) is 16.8 Å². The van der Waals surface area contributed by atoms with Gasteiger partial charge in [-0.1, -0.05) is 11.8 Å². The number of methoxy groups -OCH3 is 1. The van der Waals surface area contributed by atoms with Crippen molar-refractivity contribution in [3.8, 4) is 5.88 Å². The largest absolute Gasteiger partial charge is 0.476 e. The quantitative estimate of drug-likeness (QED) is 0.506. The number of carbonyl (C=O) groups excluding carboxylic acids is 1. The number of aliphatic imine (C=N–C) groups is 1. The molecular formula is C23H23F4N5O3S. The number of amidine groups is 1. The van der Waals surface area contributed by atoms with Gasteiger partial charge in [0.2, 0.25) is 5.88 Å². The molecule has 192 valence electrons. The van der Waals surface area contributed by atoms with Crippen LogP contribution < -0.4 is 15.8 Å². The molecule has 0 saturated heterocycles. The second-order valence-electron chi connectivity index (χ2n) is 9.44. The summed E-state index contributed by atoms with van der Waals surface area (Å²) in [5.74, 6) is -6.67. The number of halogens is 4. The number of amides is 1. The topological polar surface area (TPSA) is 112 Å². The second-order valence-corrected chi connectivity index (χ2v) is 10.9. The zero-order valence-electron chi connectivity index (χ0n) is 19.4. The van der Waals surface area contributed by atoms with Crippen molar-refractivity contribution in [3.05, 3.63) is 47.4 Å². The Morgan fingerprint density at radius 1 is 1.25 bits per heavy atom. The van der Waals surface area contributed by atoms with E-state index in [1.54, 1.807) is 14.0 Å². The van der Waals surface area contributed by atoms with Crippen molar-refractivity contribution < 1.29 is 31.8 Å². The van der Waals surface area contributed by atoms with E-state index in [4.69, 9.17) is 15.2 Å². The van der Waals surface area contributed by atoms with Crippen LogP contribution in [0.5, 0.6) is 5.88 Å². The molecule has 0 bridgehead atoms. The van der Waals surface area contributed by atoms with E-state index in [0.717, 1.165) is 18.5 Å². The molecule has 1 amide bonds. The molecule has 2 heterocycles. The molecule has 3 aliphatic rings. The number of ether oxygens (including phenoxy) is 2. The van der Waals surface area contributed by atoms with E-state index < -0.39 is 34.9 Å². The molecule has 4 atom stereocenters. The molecule has 36 heavy (non-hydrogen) atoms. The highest BCUT2D eigenvalue weighted by Crippen LogP contribution is 2.66. The molecule has 0 unspecified atom stereocenters. The lowest BCUT2D eigenvalue weighted by Crippen LogP contribution is -2.38. The molecule has 2 saturated carbocycles. The van der Waals surface area contributed by atoms with Crippen LogP contribution in [-0.4, -0.2) is 52.0 Å². The van der Waals surface area contributed by atoms with Gasteiger partial charge >= 0.3 is 0 Å². The fraction of sp³-hybridized carbons (Fsp3) is 0.478. The van der Waals surface area contributed by atoms with E-state index in [9.17, 15) is 18.0 Å². The molecule has 2 fully saturated rings. The SMILES string of the molecule is COC[C@]12C[C@H]1[C@@](C)(c1cc(NC(=O)c3cnc(OC[C@@H]4CC4(F)F)cn3)cc(F)c1F)N=C(N)S2. The molecule has 8 nitrogen and oxygen atoms in total. The van der Waals surface area contributed by atoms with E-state index in [1.807, 2.05) is 0 Å². The lowest BCUT2D eigenvalue weighted by Gasteiger charge is -2.34. The molecular weight excluding hydrogens is 502 g/mol. The summed E-state index contributed by atoms with van der Waals surface area (Å²) >= 11 is 1.37. The number of hydrogen-bond donors (Lipinski definition) is 2. The first-order valence-corrected chi connectivity index (χ1v) is 12.0. The normalized spacial score (nSPS) is 29.7. The van der Waals surface area contributed by atoms with E-state index >= 15 is 4.39 Å². The molecule has 0 radical (unpaired) electrons. The minimum Gasteiger partial charge on any atom is -0.476 e. The maximum Gasteiger partial charge on any atom is 0.275 e. The summed E-state index contributed by atoms with van der Waals surface area (Å²) in [7, 11) is 1.56. The van der Waals surface area contributed by atoms with E-state index in [1.165, 1.54) is 17.8 Å². The number of carbonyl (C=O) groups is 1. The van der Waals surface area contributed by atoms with Gasteiger partial charge in [-0.2, -0.15) is 0 Å². The highest BCUT2D eigenvalue weighted by Gasteiger charge is 2.66. The Hall–Kier alpha value is -2.93. The Morgan fingerprint density at radius 3 is 2.64 bits per heavy atom. The van der Waals surface area contributed by atoms with Crippen molar-refractivity contribution >= 4 is 28.5 Å². The van der Waals surface area contributed by atoms with Crippen LogP contribution in [0.2, 0.25) is 0 Å². The minimum absolute atomic E-state index is 0.00166. The van der Waals surface area contributed by atoms with Crippen LogP contribution >= 0.6 is 11.8 Å². The Labute approximate surface area is 208 Å². The predicted octanol–water partition coefficient (Wildman–Crippen LogP) is 3.72. The first kappa shape index (κ1) is 24.8. The number of rotatable bonds is 8. The van der Waals surface area contributed by atoms with Gasteiger partial charge < -0.3 is 20.5 Å². The number of aromatic nitrogens is 2. The number of alkyl halides is 2. The lowest BCUT2D eigenvalue weighted by molar-refractivity contribution is 0.0849. The number of nitrogens with two attached hydrogens (primary N) is 1. The summed E-state index contributed by atoms with van der Waals surface area (Å²) in [6, 6.07) is 2.19. The van der Waals surface area contributed by atoms with Crippen molar-refractivity contribution in [3.63, 3.8) is 0 Å². The van der Waals surface area contributed by atoms with Crippen LogP contribution in [0.25, 0.3) is 0 Å². The molecule has 1 aromatic carbocycles. The van der Waals surface area contributed by atoms with Crippen LogP contribution in [0.15, 0.2) is 29.5 Å². The van der Waals surface area contributed by atoms with Gasteiger partial charge in [0.25, 0.3) is 11.8 Å². The summed E-state index contributed by atoms with van der Waals surface area (Å²) in [6.07, 6.45) is 2.66. The highest BCUT2D eigenvalue weighted by molar-refractivity contribution is 8.15. The fourth-order valence-corrected chi connectivity index (χ4v) is 6.15. The van der Waals surface area contributed by atoms with Crippen LogP contribution in [0.1, 0.15) is 35.8 Å². The Bertz CT molecular complexity index is 1250.